The van der Waals surface area contributed by atoms with Crippen LogP contribution in [0.25, 0.3) is 11.1 Å². The van der Waals surface area contributed by atoms with E-state index in [1.165, 1.54) is 11.1 Å². The first-order valence-electron chi connectivity index (χ1n) is 5.65. The fourth-order valence-corrected chi connectivity index (χ4v) is 2.17. The van der Waals surface area contributed by atoms with Gasteiger partial charge in [0.15, 0.2) is 0 Å². The normalized spacial score (nSPS) is 10.4. The lowest BCUT2D eigenvalue weighted by Gasteiger charge is -2.06. The van der Waals surface area contributed by atoms with Crippen molar-refractivity contribution in [3.8, 4) is 11.1 Å². The highest BCUT2D eigenvalue weighted by atomic mass is 35.5. The standard InChI is InChI=1S/C15H15Cl/c1-2-6-12-9-10-14(15(16)11-12)13-7-4-3-5-8-13/h3-5,7-11H,2,6H2,1H3. The second-order valence-electron chi connectivity index (χ2n) is 3.93. The summed E-state index contributed by atoms with van der Waals surface area (Å²) in [4.78, 5) is 0. The first-order valence-corrected chi connectivity index (χ1v) is 6.03. The Morgan fingerprint density at radius 3 is 2.38 bits per heavy atom. The highest BCUT2D eigenvalue weighted by molar-refractivity contribution is 6.33. The number of hydrogen-bond donors (Lipinski definition) is 0. The van der Waals surface area contributed by atoms with Gasteiger partial charge < -0.3 is 0 Å². The zero-order valence-corrected chi connectivity index (χ0v) is 10.2. The SMILES string of the molecule is CCCc1ccc(-c2ccccc2)c(Cl)c1. The van der Waals surface area contributed by atoms with E-state index in [4.69, 9.17) is 11.6 Å². The van der Waals surface area contributed by atoms with E-state index in [2.05, 4.69) is 37.3 Å². The van der Waals surface area contributed by atoms with Crippen molar-refractivity contribution in [1.29, 1.82) is 0 Å². The van der Waals surface area contributed by atoms with Crippen LogP contribution in [0.3, 0.4) is 0 Å². The van der Waals surface area contributed by atoms with E-state index in [0.29, 0.717) is 0 Å². The van der Waals surface area contributed by atoms with Gasteiger partial charge in [-0.05, 0) is 23.6 Å². The summed E-state index contributed by atoms with van der Waals surface area (Å²) in [5.41, 5.74) is 3.60. The average molecular weight is 231 g/mol. The third-order valence-electron chi connectivity index (χ3n) is 2.66. The Balaban J connectivity index is 2.37. The van der Waals surface area contributed by atoms with Crippen LogP contribution in [0.15, 0.2) is 48.5 Å². The lowest BCUT2D eigenvalue weighted by Crippen LogP contribution is -1.85. The Morgan fingerprint density at radius 1 is 1.00 bits per heavy atom. The van der Waals surface area contributed by atoms with E-state index in [1.54, 1.807) is 0 Å². The molecule has 0 atom stereocenters. The van der Waals surface area contributed by atoms with Crippen molar-refractivity contribution in [3.63, 3.8) is 0 Å². The number of hydrogen-bond acceptors (Lipinski definition) is 0. The first-order chi connectivity index (χ1) is 7.81. The summed E-state index contributed by atoms with van der Waals surface area (Å²) in [6, 6.07) is 16.6. The zero-order valence-electron chi connectivity index (χ0n) is 9.41. The van der Waals surface area contributed by atoms with Gasteiger partial charge in [0.05, 0.1) is 0 Å². The van der Waals surface area contributed by atoms with Crippen molar-refractivity contribution >= 4 is 11.6 Å². The Bertz CT molecular complexity index is 460. The topological polar surface area (TPSA) is 0 Å². The molecule has 82 valence electrons. The van der Waals surface area contributed by atoms with Crippen LogP contribution in [0.4, 0.5) is 0 Å². The molecule has 2 aromatic carbocycles. The summed E-state index contributed by atoms with van der Waals surface area (Å²) in [5.74, 6) is 0. The molecule has 0 fully saturated rings. The van der Waals surface area contributed by atoms with Crippen molar-refractivity contribution in [3.05, 3.63) is 59.1 Å². The van der Waals surface area contributed by atoms with Gasteiger partial charge in [-0.25, -0.2) is 0 Å². The Morgan fingerprint density at radius 2 is 1.75 bits per heavy atom. The summed E-state index contributed by atoms with van der Waals surface area (Å²) in [6.07, 6.45) is 2.25. The molecule has 0 N–H and O–H groups in total. The van der Waals surface area contributed by atoms with Crippen molar-refractivity contribution in [2.75, 3.05) is 0 Å². The van der Waals surface area contributed by atoms with Crippen LogP contribution in [-0.2, 0) is 6.42 Å². The minimum atomic E-state index is 0.845. The maximum absolute atomic E-state index is 6.30. The molecule has 0 radical (unpaired) electrons. The van der Waals surface area contributed by atoms with E-state index < -0.39 is 0 Å². The molecule has 2 aromatic rings. The van der Waals surface area contributed by atoms with E-state index in [1.807, 2.05) is 18.2 Å². The van der Waals surface area contributed by atoms with Gasteiger partial charge >= 0.3 is 0 Å². The molecule has 0 amide bonds. The molecule has 0 bridgehead atoms. The lowest BCUT2D eigenvalue weighted by atomic mass is 10.0. The summed E-state index contributed by atoms with van der Waals surface area (Å²) in [5, 5.41) is 0.845. The highest BCUT2D eigenvalue weighted by Crippen LogP contribution is 2.28. The molecule has 2 rings (SSSR count). The molecule has 0 heterocycles. The fourth-order valence-electron chi connectivity index (χ4n) is 1.85. The molecule has 0 unspecified atom stereocenters. The number of rotatable bonds is 3. The first kappa shape index (κ1) is 11.2. The second kappa shape index (κ2) is 5.18. The summed E-state index contributed by atoms with van der Waals surface area (Å²) in [6.45, 7) is 2.18. The molecule has 0 spiro atoms. The van der Waals surface area contributed by atoms with Gasteiger partial charge in [-0.15, -0.1) is 0 Å². The van der Waals surface area contributed by atoms with Crippen LogP contribution >= 0.6 is 11.6 Å². The number of benzene rings is 2. The predicted octanol–water partition coefficient (Wildman–Crippen LogP) is 4.96. The van der Waals surface area contributed by atoms with Crippen molar-refractivity contribution in [2.24, 2.45) is 0 Å². The minimum absolute atomic E-state index is 0.845. The molecule has 0 saturated carbocycles. The molecular weight excluding hydrogens is 216 g/mol. The largest absolute Gasteiger partial charge is 0.0837 e. The molecule has 0 aliphatic rings. The van der Waals surface area contributed by atoms with Crippen LogP contribution in [0.2, 0.25) is 5.02 Å². The molecular formula is C15H15Cl. The van der Waals surface area contributed by atoms with Crippen LogP contribution in [-0.4, -0.2) is 0 Å². The fraction of sp³-hybridized carbons (Fsp3) is 0.200. The third-order valence-corrected chi connectivity index (χ3v) is 2.97. The van der Waals surface area contributed by atoms with Gasteiger partial charge in [-0.2, -0.15) is 0 Å². The predicted molar refractivity (Wildman–Crippen MR) is 70.9 cm³/mol. The van der Waals surface area contributed by atoms with Crippen molar-refractivity contribution < 1.29 is 0 Å². The van der Waals surface area contributed by atoms with Gasteiger partial charge in [0, 0.05) is 10.6 Å². The highest BCUT2D eigenvalue weighted by Gasteiger charge is 2.03. The van der Waals surface area contributed by atoms with Gasteiger partial charge in [-0.1, -0.05) is 67.4 Å². The quantitative estimate of drug-likeness (QED) is 0.699. The lowest BCUT2D eigenvalue weighted by molar-refractivity contribution is 0.922. The molecule has 0 aliphatic carbocycles. The van der Waals surface area contributed by atoms with Gasteiger partial charge in [0.25, 0.3) is 0 Å². The smallest absolute Gasteiger partial charge is 0.0487 e. The van der Waals surface area contributed by atoms with Gasteiger partial charge in [0.2, 0.25) is 0 Å². The minimum Gasteiger partial charge on any atom is -0.0837 e. The van der Waals surface area contributed by atoms with Crippen molar-refractivity contribution in [1.82, 2.24) is 0 Å². The molecule has 16 heavy (non-hydrogen) atoms. The zero-order chi connectivity index (χ0) is 11.4. The number of halogens is 1. The van der Waals surface area contributed by atoms with E-state index in [9.17, 15) is 0 Å². The maximum Gasteiger partial charge on any atom is 0.0487 e. The van der Waals surface area contributed by atoms with E-state index >= 15 is 0 Å². The van der Waals surface area contributed by atoms with Crippen LogP contribution in [0, 0.1) is 0 Å². The summed E-state index contributed by atoms with van der Waals surface area (Å²) < 4.78 is 0. The summed E-state index contributed by atoms with van der Waals surface area (Å²) in [7, 11) is 0. The Hall–Kier alpha value is -1.27. The summed E-state index contributed by atoms with van der Waals surface area (Å²) >= 11 is 6.30. The van der Waals surface area contributed by atoms with E-state index in [-0.39, 0.29) is 0 Å². The van der Waals surface area contributed by atoms with Crippen LogP contribution in [0.1, 0.15) is 18.9 Å². The third kappa shape index (κ3) is 2.45. The van der Waals surface area contributed by atoms with Crippen LogP contribution in [0.5, 0.6) is 0 Å². The maximum atomic E-state index is 6.30. The molecule has 0 nitrogen and oxygen atoms in total. The average Bonchev–Trinajstić information content (AvgIpc) is 2.31. The van der Waals surface area contributed by atoms with Crippen molar-refractivity contribution in [2.45, 2.75) is 19.8 Å². The second-order valence-corrected chi connectivity index (χ2v) is 4.34. The Labute approximate surface area is 102 Å². The van der Waals surface area contributed by atoms with Crippen LogP contribution < -0.4 is 0 Å². The van der Waals surface area contributed by atoms with E-state index in [0.717, 1.165) is 23.4 Å². The monoisotopic (exact) mass is 230 g/mol. The molecule has 0 saturated heterocycles. The molecule has 0 aromatic heterocycles. The molecule has 1 heteroatoms. The van der Waals surface area contributed by atoms with Gasteiger partial charge in [0.1, 0.15) is 0 Å². The van der Waals surface area contributed by atoms with Gasteiger partial charge in [-0.3, -0.25) is 0 Å². The molecule has 0 aliphatic heterocycles. The number of aryl methyl sites for hydroxylation is 1. The Kier molecular flexibility index (Phi) is 3.63.